The van der Waals surface area contributed by atoms with Gasteiger partial charge in [0.1, 0.15) is 0 Å². The van der Waals surface area contributed by atoms with Crippen LogP contribution in [-0.4, -0.2) is 31.1 Å². The van der Waals surface area contributed by atoms with Crippen LogP contribution in [0.1, 0.15) is 19.4 Å². The van der Waals surface area contributed by atoms with Crippen LogP contribution in [0, 0.1) is 0 Å². The van der Waals surface area contributed by atoms with Crippen molar-refractivity contribution >= 4 is 10.8 Å². The maximum atomic E-state index is 3.54. The second-order valence-corrected chi connectivity index (χ2v) is 5.39. The number of hydrogen-bond acceptors (Lipinski definition) is 2. The van der Waals surface area contributed by atoms with Crippen LogP contribution in [0.5, 0.6) is 0 Å². The van der Waals surface area contributed by atoms with Crippen LogP contribution in [0.4, 0.5) is 0 Å². The van der Waals surface area contributed by atoms with Gasteiger partial charge < -0.3 is 10.2 Å². The Kier molecular flexibility index (Phi) is 4.94. The molecule has 19 heavy (non-hydrogen) atoms. The van der Waals surface area contributed by atoms with Gasteiger partial charge in [-0.25, -0.2) is 0 Å². The van der Waals surface area contributed by atoms with Crippen molar-refractivity contribution in [2.75, 3.05) is 20.1 Å². The van der Waals surface area contributed by atoms with Crippen LogP contribution in [0.2, 0.25) is 0 Å². The molecule has 0 radical (unpaired) electrons. The molecule has 102 valence electrons. The predicted molar refractivity (Wildman–Crippen MR) is 83.4 cm³/mol. The molecule has 0 amide bonds. The Hall–Kier alpha value is -1.38. The van der Waals surface area contributed by atoms with E-state index in [1.165, 1.54) is 16.3 Å². The van der Waals surface area contributed by atoms with E-state index in [0.29, 0.717) is 6.04 Å². The molecule has 0 aliphatic rings. The third-order valence-corrected chi connectivity index (χ3v) is 3.72. The zero-order valence-corrected chi connectivity index (χ0v) is 12.2. The Bertz CT molecular complexity index is 514. The molecule has 1 N–H and O–H groups in total. The number of nitrogens with zero attached hydrogens (tertiary/aromatic N) is 1. The van der Waals surface area contributed by atoms with E-state index in [9.17, 15) is 0 Å². The summed E-state index contributed by atoms with van der Waals surface area (Å²) in [6.07, 6.45) is 0. The van der Waals surface area contributed by atoms with Gasteiger partial charge in [0.2, 0.25) is 0 Å². The first-order valence-corrected chi connectivity index (χ1v) is 7.06. The zero-order chi connectivity index (χ0) is 13.7. The van der Waals surface area contributed by atoms with E-state index >= 15 is 0 Å². The number of likely N-dealkylation sites (N-methyl/N-ethyl adjacent to an activating group) is 1. The normalized spacial score (nSPS) is 11.6. The van der Waals surface area contributed by atoms with E-state index in [2.05, 4.69) is 73.6 Å². The average molecular weight is 256 g/mol. The summed E-state index contributed by atoms with van der Waals surface area (Å²) in [5.74, 6) is 0. The van der Waals surface area contributed by atoms with Crippen LogP contribution in [0.15, 0.2) is 42.5 Å². The number of rotatable bonds is 6. The summed E-state index contributed by atoms with van der Waals surface area (Å²) in [4.78, 5) is 2.36. The maximum absolute atomic E-state index is 3.54. The summed E-state index contributed by atoms with van der Waals surface area (Å²) < 4.78 is 0. The Morgan fingerprint density at radius 2 is 1.79 bits per heavy atom. The standard InChI is InChI=1S/C17H24N2/c1-14(2)19(3)12-11-18-13-16-9-6-8-15-7-4-5-10-17(15)16/h4-10,14,18H,11-13H2,1-3H3. The van der Waals surface area contributed by atoms with Gasteiger partial charge >= 0.3 is 0 Å². The highest BCUT2D eigenvalue weighted by atomic mass is 15.1. The summed E-state index contributed by atoms with van der Waals surface area (Å²) in [6.45, 7) is 7.50. The predicted octanol–water partition coefficient (Wildman–Crippen LogP) is 3.27. The van der Waals surface area contributed by atoms with Gasteiger partial charge in [-0.15, -0.1) is 0 Å². The van der Waals surface area contributed by atoms with Crippen molar-refractivity contribution in [2.45, 2.75) is 26.4 Å². The summed E-state index contributed by atoms with van der Waals surface area (Å²) in [5.41, 5.74) is 1.38. The molecule has 2 aromatic carbocycles. The van der Waals surface area contributed by atoms with Crippen molar-refractivity contribution in [3.8, 4) is 0 Å². The number of fused-ring (bicyclic) bond motifs is 1. The highest BCUT2D eigenvalue weighted by Crippen LogP contribution is 2.17. The van der Waals surface area contributed by atoms with Crippen molar-refractivity contribution in [1.29, 1.82) is 0 Å². The first kappa shape index (κ1) is 14.0. The van der Waals surface area contributed by atoms with Gasteiger partial charge in [0.25, 0.3) is 0 Å². The van der Waals surface area contributed by atoms with Crippen LogP contribution in [0.3, 0.4) is 0 Å². The highest BCUT2D eigenvalue weighted by molar-refractivity contribution is 5.85. The maximum Gasteiger partial charge on any atom is 0.0212 e. The molecule has 0 unspecified atom stereocenters. The van der Waals surface area contributed by atoms with Crippen LogP contribution in [-0.2, 0) is 6.54 Å². The van der Waals surface area contributed by atoms with Crippen molar-refractivity contribution in [1.82, 2.24) is 10.2 Å². The SMILES string of the molecule is CC(C)N(C)CCNCc1cccc2ccccc12. The molecular formula is C17H24N2. The molecule has 0 saturated carbocycles. The fourth-order valence-electron chi connectivity index (χ4n) is 2.18. The van der Waals surface area contributed by atoms with E-state index in [1.807, 2.05) is 0 Å². The quantitative estimate of drug-likeness (QED) is 0.798. The first-order valence-electron chi connectivity index (χ1n) is 7.06. The number of benzene rings is 2. The summed E-state index contributed by atoms with van der Waals surface area (Å²) in [6, 6.07) is 15.7. The van der Waals surface area contributed by atoms with E-state index in [1.54, 1.807) is 0 Å². The second kappa shape index (κ2) is 6.69. The smallest absolute Gasteiger partial charge is 0.0212 e. The molecule has 0 aromatic heterocycles. The second-order valence-electron chi connectivity index (χ2n) is 5.39. The number of nitrogens with one attached hydrogen (secondary N) is 1. The van der Waals surface area contributed by atoms with E-state index in [0.717, 1.165) is 19.6 Å². The highest BCUT2D eigenvalue weighted by Gasteiger charge is 2.03. The monoisotopic (exact) mass is 256 g/mol. The lowest BCUT2D eigenvalue weighted by molar-refractivity contribution is 0.273. The molecule has 2 nitrogen and oxygen atoms in total. The third kappa shape index (κ3) is 3.79. The van der Waals surface area contributed by atoms with Gasteiger partial charge in [-0.3, -0.25) is 0 Å². The lowest BCUT2D eigenvalue weighted by Crippen LogP contribution is -2.33. The van der Waals surface area contributed by atoms with Gasteiger partial charge in [0, 0.05) is 25.7 Å². The summed E-state index contributed by atoms with van der Waals surface area (Å²) >= 11 is 0. The Morgan fingerprint density at radius 1 is 1.05 bits per heavy atom. The summed E-state index contributed by atoms with van der Waals surface area (Å²) in [5, 5.41) is 6.21. The molecule has 0 atom stereocenters. The minimum absolute atomic E-state index is 0.611. The van der Waals surface area contributed by atoms with Gasteiger partial charge in [0.15, 0.2) is 0 Å². The summed E-state index contributed by atoms with van der Waals surface area (Å²) in [7, 11) is 2.17. The van der Waals surface area contributed by atoms with Crippen LogP contribution < -0.4 is 5.32 Å². The molecule has 0 saturated heterocycles. The Balaban J connectivity index is 1.92. The lowest BCUT2D eigenvalue weighted by Gasteiger charge is -2.21. The average Bonchev–Trinajstić information content (AvgIpc) is 2.43. The van der Waals surface area contributed by atoms with Crippen molar-refractivity contribution in [3.05, 3.63) is 48.0 Å². The molecule has 2 rings (SSSR count). The molecule has 0 aliphatic heterocycles. The Morgan fingerprint density at radius 3 is 2.58 bits per heavy atom. The van der Waals surface area contributed by atoms with Crippen LogP contribution >= 0.6 is 0 Å². The molecular weight excluding hydrogens is 232 g/mol. The molecule has 2 heteroatoms. The molecule has 2 aromatic rings. The van der Waals surface area contributed by atoms with Crippen molar-refractivity contribution < 1.29 is 0 Å². The molecule has 0 heterocycles. The molecule has 0 bridgehead atoms. The van der Waals surface area contributed by atoms with Crippen LogP contribution in [0.25, 0.3) is 10.8 Å². The van der Waals surface area contributed by atoms with Gasteiger partial charge in [-0.2, -0.15) is 0 Å². The van der Waals surface area contributed by atoms with Gasteiger partial charge in [-0.1, -0.05) is 42.5 Å². The van der Waals surface area contributed by atoms with Gasteiger partial charge in [-0.05, 0) is 37.2 Å². The zero-order valence-electron chi connectivity index (χ0n) is 12.2. The first-order chi connectivity index (χ1) is 9.18. The Labute approximate surface area is 116 Å². The van der Waals surface area contributed by atoms with E-state index in [-0.39, 0.29) is 0 Å². The largest absolute Gasteiger partial charge is 0.311 e. The molecule has 0 spiro atoms. The van der Waals surface area contributed by atoms with Crippen molar-refractivity contribution in [2.24, 2.45) is 0 Å². The van der Waals surface area contributed by atoms with E-state index in [4.69, 9.17) is 0 Å². The lowest BCUT2D eigenvalue weighted by atomic mass is 10.0. The van der Waals surface area contributed by atoms with Gasteiger partial charge in [0.05, 0.1) is 0 Å². The minimum Gasteiger partial charge on any atom is -0.311 e. The van der Waals surface area contributed by atoms with E-state index < -0.39 is 0 Å². The fraction of sp³-hybridized carbons (Fsp3) is 0.412. The number of hydrogen-bond donors (Lipinski definition) is 1. The minimum atomic E-state index is 0.611. The fourth-order valence-corrected chi connectivity index (χ4v) is 2.18. The third-order valence-electron chi connectivity index (χ3n) is 3.72. The van der Waals surface area contributed by atoms with Crippen molar-refractivity contribution in [3.63, 3.8) is 0 Å². The topological polar surface area (TPSA) is 15.3 Å². The molecule has 0 aliphatic carbocycles. The molecule has 0 fully saturated rings.